The van der Waals surface area contributed by atoms with Gasteiger partial charge in [-0.1, -0.05) is 27.5 Å². The summed E-state index contributed by atoms with van der Waals surface area (Å²) in [6.45, 7) is 2.34. The molecule has 94 valence electrons. The van der Waals surface area contributed by atoms with Crippen molar-refractivity contribution in [3.8, 4) is 5.75 Å². The summed E-state index contributed by atoms with van der Waals surface area (Å²) in [6.07, 6.45) is 0. The van der Waals surface area contributed by atoms with Crippen LogP contribution in [0.3, 0.4) is 0 Å². The number of aliphatic hydroxyl groups excluding tert-OH is 1. The molecule has 17 heavy (non-hydrogen) atoms. The minimum Gasteiger partial charge on any atom is -0.506 e. The Hall–Kier alpha value is -0.780. The zero-order chi connectivity index (χ0) is 13.0. The van der Waals surface area contributed by atoms with Crippen molar-refractivity contribution in [3.63, 3.8) is 0 Å². The Bertz CT molecular complexity index is 425. The van der Waals surface area contributed by atoms with Crippen molar-refractivity contribution in [2.24, 2.45) is 0 Å². The van der Waals surface area contributed by atoms with Gasteiger partial charge in [0, 0.05) is 17.6 Å². The topological polar surface area (TPSA) is 60.8 Å². The summed E-state index contributed by atoms with van der Waals surface area (Å²) in [7, 11) is 0. The van der Waals surface area contributed by atoms with Gasteiger partial charge in [0.05, 0.1) is 17.2 Å². The normalized spacial score (nSPS) is 10.4. The van der Waals surface area contributed by atoms with Crippen LogP contribution in [0.2, 0.25) is 5.02 Å². The molecule has 0 aliphatic rings. The zero-order valence-corrected chi connectivity index (χ0v) is 11.6. The molecule has 0 saturated heterocycles. The van der Waals surface area contributed by atoms with E-state index < -0.39 is 0 Å². The highest BCUT2D eigenvalue weighted by Gasteiger charge is 2.19. The lowest BCUT2D eigenvalue weighted by atomic mass is 10.1. The first-order valence-corrected chi connectivity index (χ1v) is 6.26. The molecule has 0 unspecified atom stereocenters. The van der Waals surface area contributed by atoms with E-state index in [-0.39, 0.29) is 35.4 Å². The van der Waals surface area contributed by atoms with E-state index in [4.69, 9.17) is 16.7 Å². The average Bonchev–Trinajstić information content (AvgIpc) is 2.29. The number of benzene rings is 1. The number of hydrogen-bond donors (Lipinski definition) is 2. The molecule has 0 aliphatic heterocycles. The van der Waals surface area contributed by atoms with Crippen LogP contribution in [0.25, 0.3) is 0 Å². The summed E-state index contributed by atoms with van der Waals surface area (Å²) < 4.78 is 0.615. The summed E-state index contributed by atoms with van der Waals surface area (Å²) in [5, 5.41) is 18.7. The van der Waals surface area contributed by atoms with Crippen LogP contribution in [-0.4, -0.2) is 40.7 Å². The van der Waals surface area contributed by atoms with Crippen molar-refractivity contribution in [1.82, 2.24) is 4.90 Å². The van der Waals surface area contributed by atoms with Gasteiger partial charge in [-0.15, -0.1) is 0 Å². The van der Waals surface area contributed by atoms with E-state index in [1.807, 2.05) is 0 Å². The van der Waals surface area contributed by atoms with Crippen LogP contribution < -0.4 is 0 Å². The van der Waals surface area contributed by atoms with Crippen LogP contribution in [-0.2, 0) is 0 Å². The molecule has 6 heteroatoms. The van der Waals surface area contributed by atoms with Crippen molar-refractivity contribution in [3.05, 3.63) is 27.2 Å². The third kappa shape index (κ3) is 3.34. The Balaban J connectivity index is 3.10. The molecule has 0 bridgehead atoms. The van der Waals surface area contributed by atoms with Gasteiger partial charge in [-0.2, -0.15) is 0 Å². The quantitative estimate of drug-likeness (QED) is 0.894. The lowest BCUT2D eigenvalue weighted by molar-refractivity contribution is 0.0729. The first-order valence-electron chi connectivity index (χ1n) is 5.09. The van der Waals surface area contributed by atoms with Gasteiger partial charge in [-0.25, -0.2) is 0 Å². The number of likely N-dealkylation sites (N-methyl/N-ethyl adjacent to an activating group) is 1. The first kappa shape index (κ1) is 14.3. The van der Waals surface area contributed by atoms with Crippen molar-refractivity contribution in [2.45, 2.75) is 6.92 Å². The summed E-state index contributed by atoms with van der Waals surface area (Å²) in [5.74, 6) is -0.599. The predicted molar refractivity (Wildman–Crippen MR) is 69.5 cm³/mol. The molecule has 0 radical (unpaired) electrons. The standard InChI is InChI=1S/C11H13BrClNO3/c1-2-14(3-4-15)11(17)8-5-7(12)6-9(13)10(8)16/h5-6,15-16H,2-4H2,1H3. The molecule has 0 fully saturated rings. The van der Waals surface area contributed by atoms with Crippen LogP contribution in [0.15, 0.2) is 16.6 Å². The summed E-state index contributed by atoms with van der Waals surface area (Å²) in [5.41, 5.74) is 0.125. The molecule has 0 heterocycles. The van der Waals surface area contributed by atoms with Gasteiger partial charge in [0.15, 0.2) is 0 Å². The molecule has 0 aliphatic carbocycles. The molecule has 0 aromatic heterocycles. The summed E-state index contributed by atoms with van der Waals surface area (Å²) in [4.78, 5) is 13.5. The van der Waals surface area contributed by atoms with Crippen molar-refractivity contribution < 1.29 is 15.0 Å². The number of halogens is 2. The molecule has 1 aromatic rings. The van der Waals surface area contributed by atoms with Crippen LogP contribution in [0.4, 0.5) is 0 Å². The van der Waals surface area contributed by atoms with Crippen molar-refractivity contribution in [1.29, 1.82) is 0 Å². The van der Waals surface area contributed by atoms with Crippen molar-refractivity contribution >= 4 is 33.4 Å². The van der Waals surface area contributed by atoms with Gasteiger partial charge >= 0.3 is 0 Å². The maximum atomic E-state index is 12.1. The molecule has 1 amide bonds. The highest BCUT2D eigenvalue weighted by molar-refractivity contribution is 9.10. The van der Waals surface area contributed by atoms with E-state index in [2.05, 4.69) is 15.9 Å². The molecule has 1 aromatic carbocycles. The number of carbonyl (C=O) groups is 1. The number of nitrogens with zero attached hydrogens (tertiary/aromatic N) is 1. The van der Waals surface area contributed by atoms with Crippen LogP contribution >= 0.6 is 27.5 Å². The monoisotopic (exact) mass is 321 g/mol. The van der Waals surface area contributed by atoms with E-state index in [0.29, 0.717) is 11.0 Å². The average molecular weight is 323 g/mol. The zero-order valence-electron chi connectivity index (χ0n) is 9.28. The van der Waals surface area contributed by atoms with E-state index in [1.165, 1.54) is 17.0 Å². The number of amides is 1. The largest absolute Gasteiger partial charge is 0.506 e. The third-order valence-electron chi connectivity index (χ3n) is 2.30. The molecule has 1 rings (SSSR count). The molecule has 0 saturated carbocycles. The molecular weight excluding hydrogens is 309 g/mol. The number of phenols is 1. The fraction of sp³-hybridized carbons (Fsp3) is 0.364. The molecule has 4 nitrogen and oxygen atoms in total. The summed E-state index contributed by atoms with van der Waals surface area (Å²) in [6, 6.07) is 3.01. The molecule has 2 N–H and O–H groups in total. The highest BCUT2D eigenvalue weighted by atomic mass is 79.9. The minimum atomic E-state index is -0.359. The van der Waals surface area contributed by atoms with Gasteiger partial charge < -0.3 is 15.1 Å². The molecule has 0 spiro atoms. The smallest absolute Gasteiger partial charge is 0.257 e. The Morgan fingerprint density at radius 1 is 1.53 bits per heavy atom. The Morgan fingerprint density at radius 2 is 2.18 bits per heavy atom. The first-order chi connectivity index (χ1) is 8.01. The Kier molecular flexibility index (Phi) is 5.24. The number of hydrogen-bond acceptors (Lipinski definition) is 3. The second kappa shape index (κ2) is 6.23. The van der Waals surface area contributed by atoms with Crippen LogP contribution in [0.5, 0.6) is 5.75 Å². The van der Waals surface area contributed by atoms with E-state index in [0.717, 1.165) is 0 Å². The van der Waals surface area contributed by atoms with E-state index >= 15 is 0 Å². The second-order valence-electron chi connectivity index (χ2n) is 3.39. The maximum absolute atomic E-state index is 12.1. The van der Waals surface area contributed by atoms with Crippen LogP contribution in [0, 0.1) is 0 Å². The van der Waals surface area contributed by atoms with Gasteiger partial charge in [0.1, 0.15) is 5.75 Å². The number of phenolic OH excluding ortho intramolecular Hbond substituents is 1. The van der Waals surface area contributed by atoms with Crippen molar-refractivity contribution in [2.75, 3.05) is 19.7 Å². The minimum absolute atomic E-state index is 0.114. The fourth-order valence-corrected chi connectivity index (χ4v) is 2.23. The third-order valence-corrected chi connectivity index (χ3v) is 3.04. The van der Waals surface area contributed by atoms with Gasteiger partial charge in [-0.3, -0.25) is 4.79 Å². The van der Waals surface area contributed by atoms with Gasteiger partial charge in [0.2, 0.25) is 0 Å². The molecular formula is C11H13BrClNO3. The highest BCUT2D eigenvalue weighted by Crippen LogP contribution is 2.32. The fourth-order valence-electron chi connectivity index (χ4n) is 1.42. The SMILES string of the molecule is CCN(CCO)C(=O)c1cc(Br)cc(Cl)c1O. The number of rotatable bonds is 4. The lowest BCUT2D eigenvalue weighted by Gasteiger charge is -2.20. The predicted octanol–water partition coefficient (Wildman–Crippen LogP) is 2.26. The van der Waals surface area contributed by atoms with Gasteiger partial charge in [0.25, 0.3) is 5.91 Å². The Morgan fingerprint density at radius 3 is 2.71 bits per heavy atom. The number of aromatic hydroxyl groups is 1. The maximum Gasteiger partial charge on any atom is 0.257 e. The number of carbonyl (C=O) groups excluding carboxylic acids is 1. The van der Waals surface area contributed by atoms with E-state index in [1.54, 1.807) is 6.92 Å². The molecule has 0 atom stereocenters. The van der Waals surface area contributed by atoms with Gasteiger partial charge in [-0.05, 0) is 19.1 Å². The second-order valence-corrected chi connectivity index (χ2v) is 4.72. The van der Waals surface area contributed by atoms with E-state index in [9.17, 15) is 9.90 Å². The number of aliphatic hydroxyl groups is 1. The summed E-state index contributed by atoms with van der Waals surface area (Å²) >= 11 is 9.00. The Labute approximate surface area is 113 Å². The van der Waals surface area contributed by atoms with Crippen LogP contribution in [0.1, 0.15) is 17.3 Å². The lowest BCUT2D eigenvalue weighted by Crippen LogP contribution is -2.33.